The highest BCUT2D eigenvalue weighted by atomic mass is 16.5. The summed E-state index contributed by atoms with van der Waals surface area (Å²) in [7, 11) is 1.62. The number of benzene rings is 2. The molecule has 2 atom stereocenters. The van der Waals surface area contributed by atoms with Gasteiger partial charge in [0.15, 0.2) is 5.78 Å². The molecule has 0 spiro atoms. The predicted octanol–water partition coefficient (Wildman–Crippen LogP) is 3.90. The van der Waals surface area contributed by atoms with E-state index in [2.05, 4.69) is 29.3 Å². The van der Waals surface area contributed by atoms with E-state index in [0.29, 0.717) is 6.54 Å². The van der Waals surface area contributed by atoms with Crippen molar-refractivity contribution in [3.63, 3.8) is 0 Å². The zero-order valence-corrected chi connectivity index (χ0v) is 18.1. The van der Waals surface area contributed by atoms with Crippen LogP contribution in [0.1, 0.15) is 48.5 Å². The zero-order valence-electron chi connectivity index (χ0n) is 18.1. The Labute approximate surface area is 179 Å². The lowest BCUT2D eigenvalue weighted by Gasteiger charge is -2.35. The molecule has 1 heterocycles. The van der Waals surface area contributed by atoms with Gasteiger partial charge in [-0.1, -0.05) is 37.3 Å². The van der Waals surface area contributed by atoms with Crippen molar-refractivity contribution in [2.24, 2.45) is 5.92 Å². The Kier molecular flexibility index (Phi) is 7.63. The van der Waals surface area contributed by atoms with Crippen molar-refractivity contribution >= 4 is 11.7 Å². The first kappa shape index (κ1) is 22.0. The van der Waals surface area contributed by atoms with E-state index < -0.39 is 0 Å². The molecule has 0 unspecified atom stereocenters. The summed E-state index contributed by atoms with van der Waals surface area (Å²) in [6.45, 7) is 6.22. The number of Topliss-reactive ketones (excluding diaryl/α,β-unsaturated/α-hetero) is 1. The average Bonchev–Trinajstić information content (AvgIpc) is 2.82. The maximum Gasteiger partial charge on any atom is 0.237 e. The Morgan fingerprint density at radius 1 is 1.03 bits per heavy atom. The molecule has 2 aromatic rings. The van der Waals surface area contributed by atoms with E-state index in [1.165, 1.54) is 5.56 Å². The van der Waals surface area contributed by atoms with Crippen molar-refractivity contribution in [1.82, 2.24) is 10.2 Å². The number of rotatable bonds is 8. The van der Waals surface area contributed by atoms with E-state index in [1.54, 1.807) is 7.11 Å². The summed E-state index contributed by atoms with van der Waals surface area (Å²) in [4.78, 5) is 27.6. The number of hydrogen-bond acceptors (Lipinski definition) is 4. The number of ketones is 1. The van der Waals surface area contributed by atoms with Crippen LogP contribution < -0.4 is 10.1 Å². The van der Waals surface area contributed by atoms with Gasteiger partial charge in [0.25, 0.3) is 0 Å². The van der Waals surface area contributed by atoms with E-state index >= 15 is 0 Å². The molecule has 5 nitrogen and oxygen atoms in total. The largest absolute Gasteiger partial charge is 0.497 e. The number of methoxy groups -OCH3 is 1. The van der Waals surface area contributed by atoms with Crippen LogP contribution in [0.4, 0.5) is 0 Å². The first-order valence-electron chi connectivity index (χ1n) is 10.7. The Morgan fingerprint density at radius 2 is 1.67 bits per heavy atom. The molecule has 1 amide bonds. The SMILES string of the molecule is COc1ccc(C(=O)C2CCN([C@H](C)C(=O)NC[C@@H](C)c3ccccc3)CC2)cc1. The number of hydrogen-bond donors (Lipinski definition) is 1. The number of nitrogens with zero attached hydrogens (tertiary/aromatic N) is 1. The van der Waals surface area contributed by atoms with Gasteiger partial charge >= 0.3 is 0 Å². The van der Waals surface area contributed by atoms with E-state index in [0.717, 1.165) is 37.2 Å². The van der Waals surface area contributed by atoms with Crippen LogP contribution in [0.15, 0.2) is 54.6 Å². The van der Waals surface area contributed by atoms with Crippen LogP contribution in [0.3, 0.4) is 0 Å². The van der Waals surface area contributed by atoms with Crippen molar-refractivity contribution in [3.05, 3.63) is 65.7 Å². The molecular weight excluding hydrogens is 376 g/mol. The Bertz CT molecular complexity index is 827. The fraction of sp³-hybridized carbons (Fsp3) is 0.440. The fourth-order valence-electron chi connectivity index (χ4n) is 4.01. The Morgan fingerprint density at radius 3 is 2.27 bits per heavy atom. The van der Waals surface area contributed by atoms with Crippen LogP contribution in [-0.4, -0.2) is 49.4 Å². The molecule has 160 valence electrons. The molecule has 0 saturated carbocycles. The average molecular weight is 409 g/mol. The summed E-state index contributed by atoms with van der Waals surface area (Å²) in [5.41, 5.74) is 1.96. The van der Waals surface area contributed by atoms with E-state index in [4.69, 9.17) is 4.74 Å². The van der Waals surface area contributed by atoms with Gasteiger partial charge in [-0.3, -0.25) is 14.5 Å². The predicted molar refractivity (Wildman–Crippen MR) is 119 cm³/mol. The number of ether oxygens (including phenoxy) is 1. The molecule has 0 bridgehead atoms. The molecule has 1 aliphatic rings. The highest BCUT2D eigenvalue weighted by Gasteiger charge is 2.30. The third-order valence-electron chi connectivity index (χ3n) is 6.15. The van der Waals surface area contributed by atoms with Gasteiger partial charge in [-0.15, -0.1) is 0 Å². The third kappa shape index (κ3) is 5.48. The summed E-state index contributed by atoms with van der Waals surface area (Å²) in [5, 5.41) is 3.09. The Hall–Kier alpha value is -2.66. The summed E-state index contributed by atoms with van der Waals surface area (Å²) in [6.07, 6.45) is 1.56. The van der Waals surface area contributed by atoms with Crippen molar-refractivity contribution in [3.8, 4) is 5.75 Å². The van der Waals surface area contributed by atoms with Crippen molar-refractivity contribution in [2.45, 2.75) is 38.6 Å². The lowest BCUT2D eigenvalue weighted by Crippen LogP contribution is -2.49. The van der Waals surface area contributed by atoms with Gasteiger partial charge < -0.3 is 10.1 Å². The normalized spacial score (nSPS) is 17.2. The standard InChI is InChI=1S/C25H32N2O3/c1-18(20-7-5-4-6-8-20)17-26-25(29)19(2)27-15-13-22(14-16-27)24(28)21-9-11-23(30-3)12-10-21/h4-12,18-19,22H,13-17H2,1-3H3,(H,26,29)/t18-,19-/m1/s1. The lowest BCUT2D eigenvalue weighted by molar-refractivity contribution is -0.126. The van der Waals surface area contributed by atoms with Crippen molar-refractivity contribution in [2.75, 3.05) is 26.7 Å². The number of likely N-dealkylation sites (tertiary alicyclic amines) is 1. The van der Waals surface area contributed by atoms with E-state index in [1.807, 2.05) is 49.4 Å². The number of piperidine rings is 1. The third-order valence-corrected chi connectivity index (χ3v) is 6.15. The first-order chi connectivity index (χ1) is 14.5. The fourth-order valence-corrected chi connectivity index (χ4v) is 4.01. The van der Waals surface area contributed by atoms with E-state index in [-0.39, 0.29) is 29.6 Å². The van der Waals surface area contributed by atoms with Crippen molar-refractivity contribution in [1.29, 1.82) is 0 Å². The molecule has 1 aliphatic heterocycles. The Balaban J connectivity index is 1.46. The number of carbonyl (C=O) groups is 2. The minimum Gasteiger partial charge on any atom is -0.497 e. The smallest absolute Gasteiger partial charge is 0.237 e. The molecule has 5 heteroatoms. The molecule has 0 aromatic heterocycles. The molecule has 0 aliphatic carbocycles. The summed E-state index contributed by atoms with van der Waals surface area (Å²) < 4.78 is 5.16. The molecule has 30 heavy (non-hydrogen) atoms. The van der Waals surface area contributed by atoms with Crippen LogP contribution in [0.5, 0.6) is 5.75 Å². The molecule has 3 rings (SSSR count). The lowest BCUT2D eigenvalue weighted by atomic mass is 9.88. The summed E-state index contributed by atoms with van der Waals surface area (Å²) in [6, 6.07) is 17.3. The van der Waals surface area contributed by atoms with Gasteiger partial charge in [-0.05, 0) is 68.6 Å². The van der Waals surface area contributed by atoms with Gasteiger partial charge in [0.1, 0.15) is 5.75 Å². The number of carbonyl (C=O) groups excluding carboxylic acids is 2. The summed E-state index contributed by atoms with van der Waals surface area (Å²) >= 11 is 0. The molecule has 0 radical (unpaired) electrons. The second-order valence-corrected chi connectivity index (χ2v) is 8.14. The highest BCUT2D eigenvalue weighted by Crippen LogP contribution is 2.24. The number of amides is 1. The van der Waals surface area contributed by atoms with Crippen LogP contribution in [0.2, 0.25) is 0 Å². The molecule has 1 fully saturated rings. The number of nitrogens with one attached hydrogen (secondary N) is 1. The second kappa shape index (κ2) is 10.4. The second-order valence-electron chi connectivity index (χ2n) is 8.14. The first-order valence-corrected chi connectivity index (χ1v) is 10.7. The topological polar surface area (TPSA) is 58.6 Å². The highest BCUT2D eigenvalue weighted by molar-refractivity contribution is 5.98. The van der Waals surface area contributed by atoms with Gasteiger partial charge in [-0.25, -0.2) is 0 Å². The molecular formula is C25H32N2O3. The molecule has 2 aromatic carbocycles. The summed E-state index contributed by atoms with van der Waals surface area (Å²) in [5.74, 6) is 1.28. The maximum absolute atomic E-state index is 12.8. The minimum atomic E-state index is -0.190. The maximum atomic E-state index is 12.8. The van der Waals surface area contributed by atoms with Crippen molar-refractivity contribution < 1.29 is 14.3 Å². The minimum absolute atomic E-state index is 0.0167. The molecule has 1 saturated heterocycles. The zero-order chi connectivity index (χ0) is 21.5. The van der Waals surface area contributed by atoms with Crippen LogP contribution in [-0.2, 0) is 4.79 Å². The van der Waals surface area contributed by atoms with Gasteiger partial charge in [-0.2, -0.15) is 0 Å². The van der Waals surface area contributed by atoms with Crippen LogP contribution in [0.25, 0.3) is 0 Å². The van der Waals surface area contributed by atoms with Crippen LogP contribution in [0, 0.1) is 5.92 Å². The monoisotopic (exact) mass is 408 g/mol. The van der Waals surface area contributed by atoms with E-state index in [9.17, 15) is 9.59 Å². The van der Waals surface area contributed by atoms with Gasteiger partial charge in [0.05, 0.1) is 13.2 Å². The molecule has 1 N–H and O–H groups in total. The van der Waals surface area contributed by atoms with Crippen LogP contribution >= 0.6 is 0 Å². The quantitative estimate of drug-likeness (QED) is 0.673. The van der Waals surface area contributed by atoms with Gasteiger partial charge in [0.2, 0.25) is 5.91 Å². The van der Waals surface area contributed by atoms with Gasteiger partial charge in [0, 0.05) is 18.0 Å².